The minimum absolute atomic E-state index is 0.639. The molecule has 0 saturated carbocycles. The third kappa shape index (κ3) is 2.80. The lowest BCUT2D eigenvalue weighted by atomic mass is 10.3. The predicted octanol–water partition coefficient (Wildman–Crippen LogP) is 4.11. The molecule has 0 aliphatic rings. The molecule has 0 amide bonds. The summed E-state index contributed by atoms with van der Waals surface area (Å²) in [7, 11) is 0. The van der Waals surface area contributed by atoms with Gasteiger partial charge in [-0.3, -0.25) is 4.98 Å². The van der Waals surface area contributed by atoms with E-state index in [9.17, 15) is 0 Å². The number of hydrogen-bond acceptors (Lipinski definition) is 5. The topological polar surface area (TPSA) is 50.7 Å². The zero-order chi connectivity index (χ0) is 13.1. The van der Waals surface area contributed by atoms with Gasteiger partial charge >= 0.3 is 0 Å². The van der Waals surface area contributed by atoms with Gasteiger partial charge in [0.05, 0.1) is 5.69 Å². The van der Waals surface area contributed by atoms with E-state index in [1.807, 2.05) is 42.5 Å². The first kappa shape index (κ1) is 12.3. The number of rotatable bonds is 3. The maximum Gasteiger partial charge on any atom is 0.207 e. The van der Waals surface area contributed by atoms with E-state index in [-0.39, 0.29) is 0 Å². The largest absolute Gasteiger partial charge is 0.329 e. The van der Waals surface area contributed by atoms with Gasteiger partial charge in [0.1, 0.15) is 5.69 Å². The number of aromatic nitrogens is 3. The summed E-state index contributed by atoms with van der Waals surface area (Å²) < 4.78 is 5.29. The standard InChI is InChI=1S/C13H9BrN4S/c14-9-5-1-2-6-10(9)16-13-17-12(18-19-13)11-7-3-4-8-15-11/h1-8H,(H,16,17,18). The smallest absolute Gasteiger partial charge is 0.207 e. The van der Waals surface area contributed by atoms with Gasteiger partial charge in [0, 0.05) is 22.2 Å². The van der Waals surface area contributed by atoms with Crippen molar-refractivity contribution in [2.75, 3.05) is 5.32 Å². The molecule has 1 aromatic carbocycles. The van der Waals surface area contributed by atoms with Gasteiger partial charge in [-0.15, -0.1) is 0 Å². The van der Waals surface area contributed by atoms with Crippen LogP contribution < -0.4 is 5.32 Å². The van der Waals surface area contributed by atoms with Crippen molar-refractivity contribution in [3.63, 3.8) is 0 Å². The first-order valence-corrected chi connectivity index (χ1v) is 7.16. The second kappa shape index (κ2) is 5.46. The maximum absolute atomic E-state index is 4.43. The van der Waals surface area contributed by atoms with E-state index >= 15 is 0 Å². The van der Waals surface area contributed by atoms with Crippen LogP contribution in [0.25, 0.3) is 11.5 Å². The Bertz CT molecular complexity index is 684. The zero-order valence-electron chi connectivity index (χ0n) is 9.75. The number of pyridine rings is 1. The summed E-state index contributed by atoms with van der Waals surface area (Å²) in [5.74, 6) is 0.639. The van der Waals surface area contributed by atoms with E-state index in [0.717, 1.165) is 21.0 Å². The zero-order valence-corrected chi connectivity index (χ0v) is 12.1. The van der Waals surface area contributed by atoms with Crippen molar-refractivity contribution in [2.24, 2.45) is 0 Å². The summed E-state index contributed by atoms with van der Waals surface area (Å²) in [4.78, 5) is 8.66. The molecule has 2 aromatic heterocycles. The third-order valence-corrected chi connectivity index (χ3v) is 3.76. The molecule has 0 atom stereocenters. The molecule has 0 unspecified atom stereocenters. The third-order valence-electron chi connectivity index (χ3n) is 2.44. The number of nitrogens with zero attached hydrogens (tertiary/aromatic N) is 3. The minimum Gasteiger partial charge on any atom is -0.329 e. The highest BCUT2D eigenvalue weighted by molar-refractivity contribution is 9.10. The van der Waals surface area contributed by atoms with E-state index in [0.29, 0.717) is 5.82 Å². The van der Waals surface area contributed by atoms with Gasteiger partial charge in [-0.1, -0.05) is 18.2 Å². The first-order valence-electron chi connectivity index (χ1n) is 5.59. The van der Waals surface area contributed by atoms with Crippen LogP contribution in [0, 0.1) is 0 Å². The van der Waals surface area contributed by atoms with Crippen LogP contribution >= 0.6 is 27.5 Å². The number of halogens is 1. The van der Waals surface area contributed by atoms with Crippen molar-refractivity contribution >= 4 is 38.3 Å². The van der Waals surface area contributed by atoms with Crippen molar-refractivity contribution in [1.29, 1.82) is 0 Å². The van der Waals surface area contributed by atoms with Crippen LogP contribution in [0.5, 0.6) is 0 Å². The second-order valence-corrected chi connectivity index (χ2v) is 5.35. The van der Waals surface area contributed by atoms with E-state index in [1.54, 1.807) is 6.20 Å². The molecule has 2 heterocycles. The molecule has 0 spiro atoms. The minimum atomic E-state index is 0.639. The Balaban J connectivity index is 1.85. The molecule has 0 fully saturated rings. The SMILES string of the molecule is Brc1ccccc1Nc1nc(-c2ccccn2)ns1. The molecule has 0 saturated heterocycles. The van der Waals surface area contributed by atoms with Gasteiger partial charge in [-0.25, -0.2) is 0 Å². The van der Waals surface area contributed by atoms with Crippen molar-refractivity contribution in [3.8, 4) is 11.5 Å². The summed E-state index contributed by atoms with van der Waals surface area (Å²) in [6.45, 7) is 0. The fourth-order valence-electron chi connectivity index (χ4n) is 1.55. The summed E-state index contributed by atoms with van der Waals surface area (Å²) in [5.41, 5.74) is 1.74. The molecule has 4 nitrogen and oxygen atoms in total. The summed E-state index contributed by atoms with van der Waals surface area (Å²) in [6, 6.07) is 13.6. The molecular weight excluding hydrogens is 324 g/mol. The van der Waals surface area contributed by atoms with Crippen LogP contribution in [-0.2, 0) is 0 Å². The van der Waals surface area contributed by atoms with E-state index in [4.69, 9.17) is 0 Å². The Morgan fingerprint density at radius 1 is 1.05 bits per heavy atom. The lowest BCUT2D eigenvalue weighted by Crippen LogP contribution is -1.90. The average molecular weight is 333 g/mol. The van der Waals surface area contributed by atoms with Crippen LogP contribution in [0.3, 0.4) is 0 Å². The van der Waals surface area contributed by atoms with E-state index in [2.05, 4.69) is 35.6 Å². The maximum atomic E-state index is 4.43. The van der Waals surface area contributed by atoms with Crippen molar-refractivity contribution in [2.45, 2.75) is 0 Å². The molecule has 0 bridgehead atoms. The molecule has 1 N–H and O–H groups in total. The number of para-hydroxylation sites is 1. The predicted molar refractivity (Wildman–Crippen MR) is 80.6 cm³/mol. The Kier molecular flexibility index (Phi) is 3.52. The molecule has 94 valence electrons. The van der Waals surface area contributed by atoms with Crippen molar-refractivity contribution < 1.29 is 0 Å². The lowest BCUT2D eigenvalue weighted by Gasteiger charge is -2.03. The average Bonchev–Trinajstić information content (AvgIpc) is 2.91. The Morgan fingerprint density at radius 2 is 1.89 bits per heavy atom. The van der Waals surface area contributed by atoms with E-state index < -0.39 is 0 Å². The van der Waals surface area contributed by atoms with Crippen LogP contribution in [0.4, 0.5) is 10.8 Å². The summed E-state index contributed by atoms with van der Waals surface area (Å²) in [6.07, 6.45) is 1.73. The Labute approximate surface area is 122 Å². The highest BCUT2D eigenvalue weighted by Crippen LogP contribution is 2.27. The summed E-state index contributed by atoms with van der Waals surface area (Å²) in [5, 5.41) is 3.98. The normalized spacial score (nSPS) is 10.4. The van der Waals surface area contributed by atoms with Gasteiger partial charge in [0.25, 0.3) is 0 Å². The molecule has 19 heavy (non-hydrogen) atoms. The monoisotopic (exact) mass is 332 g/mol. The van der Waals surface area contributed by atoms with E-state index in [1.165, 1.54) is 11.5 Å². The molecule has 0 aliphatic carbocycles. The van der Waals surface area contributed by atoms with Crippen molar-refractivity contribution in [1.82, 2.24) is 14.3 Å². The van der Waals surface area contributed by atoms with Gasteiger partial charge in [0.2, 0.25) is 5.13 Å². The highest BCUT2D eigenvalue weighted by Gasteiger charge is 2.08. The van der Waals surface area contributed by atoms with Crippen LogP contribution in [0.1, 0.15) is 0 Å². The van der Waals surface area contributed by atoms with Gasteiger partial charge in [-0.2, -0.15) is 9.36 Å². The van der Waals surface area contributed by atoms with Gasteiger partial charge in [-0.05, 0) is 40.2 Å². The molecule has 3 rings (SSSR count). The molecule has 6 heteroatoms. The van der Waals surface area contributed by atoms with Gasteiger partial charge < -0.3 is 5.32 Å². The molecular formula is C13H9BrN4S. The molecule has 0 radical (unpaired) electrons. The Morgan fingerprint density at radius 3 is 2.68 bits per heavy atom. The molecule has 3 aromatic rings. The quantitative estimate of drug-likeness (QED) is 0.784. The molecule has 0 aliphatic heterocycles. The van der Waals surface area contributed by atoms with Crippen LogP contribution in [0.2, 0.25) is 0 Å². The van der Waals surface area contributed by atoms with Crippen LogP contribution in [0.15, 0.2) is 53.1 Å². The number of benzene rings is 1. The fourth-order valence-corrected chi connectivity index (χ4v) is 2.53. The van der Waals surface area contributed by atoms with Gasteiger partial charge in [0.15, 0.2) is 5.82 Å². The van der Waals surface area contributed by atoms with Crippen molar-refractivity contribution in [3.05, 3.63) is 53.1 Å². The Hall–Kier alpha value is -1.79. The first-order chi connectivity index (χ1) is 9.33. The number of anilines is 2. The summed E-state index contributed by atoms with van der Waals surface area (Å²) >= 11 is 4.80. The second-order valence-electron chi connectivity index (χ2n) is 3.74. The highest BCUT2D eigenvalue weighted by atomic mass is 79.9. The fraction of sp³-hybridized carbons (Fsp3) is 0. The van der Waals surface area contributed by atoms with Crippen LogP contribution in [-0.4, -0.2) is 14.3 Å². The lowest BCUT2D eigenvalue weighted by molar-refractivity contribution is 1.23. The number of hydrogen-bond donors (Lipinski definition) is 1. The number of nitrogens with one attached hydrogen (secondary N) is 1.